The second-order valence-corrected chi connectivity index (χ2v) is 7.08. The lowest BCUT2D eigenvalue weighted by molar-refractivity contribution is 0.254. The molecule has 2 nitrogen and oxygen atoms in total. The molecule has 1 aromatic carbocycles. The molecule has 0 unspecified atom stereocenters. The molecule has 0 bridgehead atoms. The fourth-order valence-electron chi connectivity index (χ4n) is 2.90. The molecule has 1 saturated heterocycles. The Morgan fingerprint density at radius 1 is 1.05 bits per heavy atom. The first-order chi connectivity index (χ1) is 9.88. The molecule has 0 spiro atoms. The molecule has 1 aliphatic rings. The van der Waals surface area contributed by atoms with Crippen LogP contribution in [0.2, 0.25) is 0 Å². The minimum absolute atomic E-state index is 1.13. The van der Waals surface area contributed by atoms with Crippen molar-refractivity contribution < 1.29 is 0 Å². The van der Waals surface area contributed by atoms with Crippen molar-refractivity contribution in [3.8, 4) is 0 Å². The SMILES string of the molecule is BrCCCCN1CCN(c2cccc3sccc23)CC1. The number of anilines is 1. The lowest BCUT2D eigenvalue weighted by Gasteiger charge is -2.36. The Morgan fingerprint density at radius 2 is 1.90 bits per heavy atom. The van der Waals surface area contributed by atoms with E-state index in [1.807, 2.05) is 11.3 Å². The van der Waals surface area contributed by atoms with Crippen LogP contribution in [0.5, 0.6) is 0 Å². The Kier molecular flexibility index (Phi) is 4.97. The Morgan fingerprint density at radius 3 is 2.70 bits per heavy atom. The summed E-state index contributed by atoms with van der Waals surface area (Å²) in [6.07, 6.45) is 2.60. The van der Waals surface area contributed by atoms with E-state index < -0.39 is 0 Å². The maximum Gasteiger partial charge on any atom is 0.0455 e. The van der Waals surface area contributed by atoms with E-state index >= 15 is 0 Å². The third-order valence-electron chi connectivity index (χ3n) is 4.04. The number of alkyl halides is 1. The van der Waals surface area contributed by atoms with Gasteiger partial charge in [-0.15, -0.1) is 11.3 Å². The number of piperazine rings is 1. The van der Waals surface area contributed by atoms with Gasteiger partial charge < -0.3 is 4.90 Å². The van der Waals surface area contributed by atoms with Crippen molar-refractivity contribution in [2.24, 2.45) is 0 Å². The highest BCUT2D eigenvalue weighted by Crippen LogP contribution is 2.31. The average molecular weight is 353 g/mol. The van der Waals surface area contributed by atoms with Crippen LogP contribution < -0.4 is 4.90 Å². The Balaban J connectivity index is 1.62. The first-order valence-electron chi connectivity index (χ1n) is 7.38. The number of hydrogen-bond donors (Lipinski definition) is 0. The van der Waals surface area contributed by atoms with E-state index in [2.05, 4.69) is 55.4 Å². The monoisotopic (exact) mass is 352 g/mol. The van der Waals surface area contributed by atoms with Gasteiger partial charge in [-0.3, -0.25) is 4.90 Å². The van der Waals surface area contributed by atoms with Crippen LogP contribution in [0.3, 0.4) is 0 Å². The van der Waals surface area contributed by atoms with E-state index in [0.29, 0.717) is 0 Å². The van der Waals surface area contributed by atoms with Crippen LogP contribution in [0.1, 0.15) is 12.8 Å². The van der Waals surface area contributed by atoms with Crippen LogP contribution in [0, 0.1) is 0 Å². The number of nitrogens with zero attached hydrogens (tertiary/aromatic N) is 2. The molecule has 1 aliphatic heterocycles. The minimum atomic E-state index is 1.13. The second-order valence-electron chi connectivity index (χ2n) is 5.33. The van der Waals surface area contributed by atoms with Crippen LogP contribution in [0.25, 0.3) is 10.1 Å². The second kappa shape index (κ2) is 6.92. The molecule has 0 aliphatic carbocycles. The van der Waals surface area contributed by atoms with Crippen molar-refractivity contribution in [1.82, 2.24) is 4.90 Å². The van der Waals surface area contributed by atoms with E-state index in [4.69, 9.17) is 0 Å². The van der Waals surface area contributed by atoms with Crippen molar-refractivity contribution in [2.45, 2.75) is 12.8 Å². The zero-order valence-electron chi connectivity index (χ0n) is 11.7. The predicted octanol–water partition coefficient (Wildman–Crippen LogP) is 4.20. The quantitative estimate of drug-likeness (QED) is 0.587. The molecule has 0 saturated carbocycles. The highest BCUT2D eigenvalue weighted by molar-refractivity contribution is 9.09. The topological polar surface area (TPSA) is 6.48 Å². The Hall–Kier alpha value is -0.580. The molecule has 0 N–H and O–H groups in total. The van der Waals surface area contributed by atoms with Gasteiger partial charge >= 0.3 is 0 Å². The largest absolute Gasteiger partial charge is 0.368 e. The maximum atomic E-state index is 3.51. The van der Waals surface area contributed by atoms with Gasteiger partial charge in [0.15, 0.2) is 0 Å². The molecular weight excluding hydrogens is 332 g/mol. The fourth-order valence-corrected chi connectivity index (χ4v) is 4.10. The molecule has 3 rings (SSSR count). The van der Waals surface area contributed by atoms with Crippen LogP contribution in [0.15, 0.2) is 29.6 Å². The number of unbranched alkanes of at least 4 members (excludes halogenated alkanes) is 1. The molecule has 108 valence electrons. The van der Waals surface area contributed by atoms with Crippen LogP contribution in [0.4, 0.5) is 5.69 Å². The van der Waals surface area contributed by atoms with Crippen LogP contribution in [-0.4, -0.2) is 43.0 Å². The molecule has 2 heterocycles. The molecule has 0 radical (unpaired) electrons. The first kappa shape index (κ1) is 14.4. The van der Waals surface area contributed by atoms with Gasteiger partial charge in [0.25, 0.3) is 0 Å². The van der Waals surface area contributed by atoms with Gasteiger partial charge in [0.05, 0.1) is 0 Å². The first-order valence-corrected chi connectivity index (χ1v) is 9.38. The number of halogens is 1. The van der Waals surface area contributed by atoms with Gasteiger partial charge in [-0.1, -0.05) is 22.0 Å². The van der Waals surface area contributed by atoms with Crippen molar-refractivity contribution in [1.29, 1.82) is 0 Å². The molecule has 2 aromatic rings. The lowest BCUT2D eigenvalue weighted by Crippen LogP contribution is -2.46. The van der Waals surface area contributed by atoms with E-state index in [1.54, 1.807) is 0 Å². The molecular formula is C16H21BrN2S. The maximum absolute atomic E-state index is 3.51. The summed E-state index contributed by atoms with van der Waals surface area (Å²) in [5.74, 6) is 0. The number of fused-ring (bicyclic) bond motifs is 1. The molecule has 0 atom stereocenters. The van der Waals surface area contributed by atoms with Crippen molar-refractivity contribution in [3.63, 3.8) is 0 Å². The summed E-state index contributed by atoms with van der Waals surface area (Å²) in [4.78, 5) is 5.16. The Labute approximate surface area is 133 Å². The van der Waals surface area contributed by atoms with Crippen molar-refractivity contribution in [3.05, 3.63) is 29.6 Å². The molecule has 1 aromatic heterocycles. The average Bonchev–Trinajstić information content (AvgIpc) is 2.97. The standard InChI is InChI=1S/C16H21BrN2S/c17-7-1-2-8-18-9-11-19(12-10-18)15-4-3-5-16-14(15)6-13-20-16/h3-6,13H,1-2,7-12H2. The number of hydrogen-bond acceptors (Lipinski definition) is 3. The summed E-state index contributed by atoms with van der Waals surface area (Å²) in [6, 6.07) is 8.95. The van der Waals surface area contributed by atoms with Crippen molar-refractivity contribution >= 4 is 43.0 Å². The lowest BCUT2D eigenvalue weighted by atomic mass is 10.2. The van der Waals surface area contributed by atoms with Crippen molar-refractivity contribution in [2.75, 3.05) is 43.0 Å². The van der Waals surface area contributed by atoms with E-state index in [-0.39, 0.29) is 0 Å². The van der Waals surface area contributed by atoms with E-state index in [1.165, 1.54) is 48.2 Å². The minimum Gasteiger partial charge on any atom is -0.368 e. The summed E-state index contributed by atoms with van der Waals surface area (Å²) in [6.45, 7) is 5.96. The highest BCUT2D eigenvalue weighted by Gasteiger charge is 2.18. The number of thiophene rings is 1. The third-order valence-corrected chi connectivity index (χ3v) is 5.49. The number of rotatable bonds is 5. The summed E-state index contributed by atoms with van der Waals surface area (Å²) in [7, 11) is 0. The Bertz CT molecular complexity index is 546. The van der Waals surface area contributed by atoms with Crippen LogP contribution >= 0.6 is 27.3 Å². The van der Waals surface area contributed by atoms with Gasteiger partial charge in [-0.25, -0.2) is 0 Å². The van der Waals surface area contributed by atoms with Crippen LogP contribution in [-0.2, 0) is 0 Å². The fraction of sp³-hybridized carbons (Fsp3) is 0.500. The third kappa shape index (κ3) is 3.18. The normalized spacial score (nSPS) is 16.9. The van der Waals surface area contributed by atoms with Gasteiger partial charge in [0.2, 0.25) is 0 Å². The molecule has 0 amide bonds. The summed E-state index contributed by atoms with van der Waals surface area (Å²) in [5, 5.41) is 4.75. The molecule has 20 heavy (non-hydrogen) atoms. The number of benzene rings is 1. The summed E-state index contributed by atoms with van der Waals surface area (Å²) < 4.78 is 1.40. The van der Waals surface area contributed by atoms with Gasteiger partial charge in [0.1, 0.15) is 0 Å². The van der Waals surface area contributed by atoms with E-state index in [0.717, 1.165) is 18.4 Å². The summed E-state index contributed by atoms with van der Waals surface area (Å²) in [5.41, 5.74) is 1.42. The smallest absolute Gasteiger partial charge is 0.0455 e. The molecule has 4 heteroatoms. The molecule has 1 fully saturated rings. The summed E-state index contributed by atoms with van der Waals surface area (Å²) >= 11 is 5.35. The zero-order chi connectivity index (χ0) is 13.8. The van der Waals surface area contributed by atoms with E-state index in [9.17, 15) is 0 Å². The predicted molar refractivity (Wildman–Crippen MR) is 93.5 cm³/mol. The van der Waals surface area contributed by atoms with Gasteiger partial charge in [0, 0.05) is 47.3 Å². The highest BCUT2D eigenvalue weighted by atomic mass is 79.9. The zero-order valence-corrected chi connectivity index (χ0v) is 14.1. The van der Waals surface area contributed by atoms with Gasteiger partial charge in [-0.2, -0.15) is 0 Å². The van der Waals surface area contributed by atoms with Gasteiger partial charge in [-0.05, 0) is 43.0 Å².